The number of aryl methyl sites for hydroxylation is 1. The van der Waals surface area contributed by atoms with Gasteiger partial charge in [0.25, 0.3) is 5.78 Å². The van der Waals surface area contributed by atoms with Crippen molar-refractivity contribution < 1.29 is 19.4 Å². The van der Waals surface area contributed by atoms with Crippen LogP contribution in [0.25, 0.3) is 5.76 Å². The smallest absolute Gasteiger partial charge is 0.301 e. The molecule has 5 aromatic rings. The number of thiophene rings is 1. The van der Waals surface area contributed by atoms with Crippen LogP contribution in [-0.4, -0.2) is 27.0 Å². The van der Waals surface area contributed by atoms with Crippen molar-refractivity contribution in [1.82, 2.24) is 10.2 Å². The number of nitrogens with zero attached hydrogens (tertiary/aromatic N) is 3. The van der Waals surface area contributed by atoms with E-state index in [1.165, 1.54) is 39.3 Å². The predicted molar refractivity (Wildman–Crippen MR) is 167 cm³/mol. The molecule has 210 valence electrons. The Labute approximate surface area is 255 Å². The summed E-state index contributed by atoms with van der Waals surface area (Å²) in [5, 5.41) is 22.1. The highest BCUT2D eigenvalue weighted by Crippen LogP contribution is 2.45. The number of carbonyl (C=O) groups excluding carboxylic acids is 2. The minimum absolute atomic E-state index is 0.0181. The molecular formula is C32H25N3O4S3. The molecule has 7 nitrogen and oxygen atoms in total. The van der Waals surface area contributed by atoms with Gasteiger partial charge in [-0.25, -0.2) is 0 Å². The van der Waals surface area contributed by atoms with E-state index in [2.05, 4.69) is 16.3 Å². The van der Waals surface area contributed by atoms with Gasteiger partial charge in [0.05, 0.1) is 5.57 Å². The van der Waals surface area contributed by atoms with Crippen LogP contribution in [0.15, 0.2) is 106 Å². The number of ketones is 1. The van der Waals surface area contributed by atoms with Crippen LogP contribution < -0.4 is 9.64 Å². The second-order valence-electron chi connectivity index (χ2n) is 9.61. The fourth-order valence-corrected chi connectivity index (χ4v) is 7.30. The fourth-order valence-electron chi connectivity index (χ4n) is 4.66. The number of aliphatic hydroxyl groups excluding tert-OH is 1. The molecule has 0 saturated carbocycles. The van der Waals surface area contributed by atoms with Gasteiger partial charge >= 0.3 is 5.91 Å². The molecular weight excluding hydrogens is 587 g/mol. The number of thioether (sulfide) groups is 1. The second kappa shape index (κ2) is 12.3. The van der Waals surface area contributed by atoms with Gasteiger partial charge in [-0.15, -0.1) is 21.5 Å². The Kier molecular flexibility index (Phi) is 8.18. The van der Waals surface area contributed by atoms with E-state index in [-0.39, 0.29) is 11.3 Å². The average molecular weight is 612 g/mol. The SMILES string of the molecule is Cc1cccc(COc2ccc(/C(O)=C3\C(=O)C(=O)N(c4nnc(SCc5ccccc5)s4)C3c3cccs3)cc2)c1. The number of hydrogen-bond acceptors (Lipinski definition) is 9. The molecule has 0 bridgehead atoms. The molecule has 1 aliphatic rings. The predicted octanol–water partition coefficient (Wildman–Crippen LogP) is 7.41. The van der Waals surface area contributed by atoms with Crippen LogP contribution in [0.2, 0.25) is 0 Å². The topological polar surface area (TPSA) is 92.6 Å². The Bertz CT molecular complexity index is 1750. The lowest BCUT2D eigenvalue weighted by atomic mass is 10.00. The minimum atomic E-state index is -0.817. The molecule has 10 heteroatoms. The van der Waals surface area contributed by atoms with Crippen LogP contribution in [0, 0.1) is 6.92 Å². The number of aliphatic hydroxyl groups is 1. The zero-order chi connectivity index (χ0) is 29.1. The lowest BCUT2D eigenvalue weighted by Gasteiger charge is -2.20. The molecule has 42 heavy (non-hydrogen) atoms. The molecule has 0 radical (unpaired) electrons. The highest BCUT2D eigenvalue weighted by molar-refractivity contribution is 8.00. The van der Waals surface area contributed by atoms with E-state index in [1.807, 2.05) is 73.0 Å². The van der Waals surface area contributed by atoms with Crippen molar-refractivity contribution in [3.05, 3.63) is 129 Å². The van der Waals surface area contributed by atoms with Gasteiger partial charge in [0.1, 0.15) is 24.2 Å². The number of amides is 1. The first-order valence-corrected chi connectivity index (χ1v) is 15.8. The largest absolute Gasteiger partial charge is 0.507 e. The van der Waals surface area contributed by atoms with E-state index < -0.39 is 17.7 Å². The Morgan fingerprint density at radius 3 is 2.48 bits per heavy atom. The fraction of sp³-hybridized carbons (Fsp3) is 0.125. The number of rotatable bonds is 9. The van der Waals surface area contributed by atoms with E-state index >= 15 is 0 Å². The molecule has 1 aliphatic heterocycles. The zero-order valence-electron chi connectivity index (χ0n) is 22.5. The lowest BCUT2D eigenvalue weighted by molar-refractivity contribution is -0.132. The van der Waals surface area contributed by atoms with Crippen LogP contribution in [0.5, 0.6) is 5.75 Å². The van der Waals surface area contributed by atoms with Gasteiger partial charge in [-0.1, -0.05) is 89.3 Å². The van der Waals surface area contributed by atoms with E-state index in [9.17, 15) is 14.7 Å². The van der Waals surface area contributed by atoms with E-state index in [4.69, 9.17) is 4.74 Å². The molecule has 3 heterocycles. The van der Waals surface area contributed by atoms with Gasteiger partial charge in [0.2, 0.25) is 5.13 Å². The third-order valence-corrected chi connectivity index (χ3v) is 9.73. The molecule has 6 rings (SSSR count). The second-order valence-corrected chi connectivity index (χ2v) is 12.8. The Morgan fingerprint density at radius 2 is 1.74 bits per heavy atom. The maximum atomic E-state index is 13.4. The van der Waals surface area contributed by atoms with E-state index in [1.54, 1.807) is 24.3 Å². The number of Topliss-reactive ketones (excluding diaryl/α,β-unsaturated/α-hetero) is 1. The first kappa shape index (κ1) is 27.9. The summed E-state index contributed by atoms with van der Waals surface area (Å²) in [5.41, 5.74) is 3.78. The van der Waals surface area contributed by atoms with Gasteiger partial charge in [-0.05, 0) is 53.8 Å². The summed E-state index contributed by atoms with van der Waals surface area (Å²) in [6.07, 6.45) is 0. The Morgan fingerprint density at radius 1 is 0.952 bits per heavy atom. The number of benzene rings is 3. The van der Waals surface area contributed by atoms with Crippen molar-refractivity contribution in [2.24, 2.45) is 0 Å². The van der Waals surface area contributed by atoms with Gasteiger partial charge in [-0.2, -0.15) is 0 Å². The number of aromatic nitrogens is 2. The summed E-state index contributed by atoms with van der Waals surface area (Å²) in [5.74, 6) is -0.434. The quantitative estimate of drug-likeness (QED) is 0.0610. The van der Waals surface area contributed by atoms with Gasteiger partial charge in [-0.3, -0.25) is 14.5 Å². The van der Waals surface area contributed by atoms with Crippen LogP contribution in [0.3, 0.4) is 0 Å². The first-order chi connectivity index (χ1) is 20.5. The summed E-state index contributed by atoms with van der Waals surface area (Å²) < 4.78 is 6.59. The highest BCUT2D eigenvalue weighted by Gasteiger charge is 2.48. The van der Waals surface area contributed by atoms with Crippen molar-refractivity contribution in [2.45, 2.75) is 29.7 Å². The highest BCUT2D eigenvalue weighted by atomic mass is 32.2. The molecule has 0 spiro atoms. The Balaban J connectivity index is 1.26. The summed E-state index contributed by atoms with van der Waals surface area (Å²) in [7, 11) is 0. The Hall–Kier alpha value is -4.25. The van der Waals surface area contributed by atoms with Crippen LogP contribution in [0.1, 0.15) is 33.2 Å². The van der Waals surface area contributed by atoms with Gasteiger partial charge in [0.15, 0.2) is 4.34 Å². The minimum Gasteiger partial charge on any atom is -0.507 e. The molecule has 2 aromatic heterocycles. The third-order valence-electron chi connectivity index (χ3n) is 6.68. The standard InChI is InChI=1S/C32H25N3O4S3/c1-20-7-5-10-22(17-20)18-39-24-14-12-23(13-15-24)28(36)26-27(25-11-6-16-40-25)35(30(38)29(26)37)31-33-34-32(42-31)41-19-21-8-3-2-4-9-21/h2-17,27,36H,18-19H2,1H3/b28-26+. The maximum absolute atomic E-state index is 13.4. The summed E-state index contributed by atoms with van der Waals surface area (Å²) in [6, 6.07) is 27.8. The average Bonchev–Trinajstić information content (AvgIpc) is 3.76. The van der Waals surface area contributed by atoms with Crippen molar-refractivity contribution in [3.63, 3.8) is 0 Å². The van der Waals surface area contributed by atoms with Crippen molar-refractivity contribution in [2.75, 3.05) is 4.90 Å². The molecule has 3 aromatic carbocycles. The molecule has 0 aliphatic carbocycles. The monoisotopic (exact) mass is 611 g/mol. The number of carbonyl (C=O) groups is 2. The summed E-state index contributed by atoms with van der Waals surface area (Å²) in [6.45, 7) is 2.44. The molecule has 1 N–H and O–H groups in total. The maximum Gasteiger partial charge on any atom is 0.301 e. The molecule has 1 saturated heterocycles. The molecule has 1 amide bonds. The summed E-state index contributed by atoms with van der Waals surface area (Å²) >= 11 is 4.16. The van der Waals surface area contributed by atoms with Crippen LogP contribution in [0.4, 0.5) is 5.13 Å². The van der Waals surface area contributed by atoms with Crippen LogP contribution >= 0.6 is 34.4 Å². The van der Waals surface area contributed by atoms with Gasteiger partial charge in [0, 0.05) is 16.2 Å². The molecule has 1 fully saturated rings. The van der Waals surface area contributed by atoms with Crippen molar-refractivity contribution in [1.29, 1.82) is 0 Å². The van der Waals surface area contributed by atoms with Gasteiger partial charge < -0.3 is 9.84 Å². The van der Waals surface area contributed by atoms with Crippen molar-refractivity contribution in [3.8, 4) is 5.75 Å². The molecule has 1 unspecified atom stereocenters. The van der Waals surface area contributed by atoms with Crippen LogP contribution in [-0.2, 0) is 21.9 Å². The number of ether oxygens (including phenoxy) is 1. The van der Waals surface area contributed by atoms with Crippen molar-refractivity contribution >= 4 is 57.0 Å². The normalized spacial score (nSPS) is 16.2. The molecule has 1 atom stereocenters. The number of hydrogen-bond donors (Lipinski definition) is 1. The van der Waals surface area contributed by atoms with E-state index in [0.29, 0.717) is 33.1 Å². The summed E-state index contributed by atoms with van der Waals surface area (Å²) in [4.78, 5) is 28.9. The number of anilines is 1. The van der Waals surface area contributed by atoms with E-state index in [0.717, 1.165) is 21.6 Å². The zero-order valence-corrected chi connectivity index (χ0v) is 24.9. The lowest BCUT2D eigenvalue weighted by Crippen LogP contribution is -2.29. The third kappa shape index (κ3) is 5.87. The first-order valence-electron chi connectivity index (χ1n) is 13.1.